The van der Waals surface area contributed by atoms with Crippen molar-refractivity contribution in [3.8, 4) is 0 Å². The van der Waals surface area contributed by atoms with Crippen molar-refractivity contribution in [2.24, 2.45) is 5.92 Å². The molecule has 4 heteroatoms. The predicted molar refractivity (Wildman–Crippen MR) is 83.5 cm³/mol. The Balaban J connectivity index is 0.00000200. The number of nitrogens with zero attached hydrogens (tertiary/aromatic N) is 1. The number of piperidine rings is 1. The van der Waals surface area contributed by atoms with Gasteiger partial charge >= 0.3 is 5.97 Å². The molecule has 1 aliphatic rings. The molecule has 0 aliphatic carbocycles. The highest BCUT2D eigenvalue weighted by Gasteiger charge is 2.26. The maximum Gasteiger partial charge on any atom is 0.303 e. The fourth-order valence-corrected chi connectivity index (χ4v) is 3.08. The summed E-state index contributed by atoms with van der Waals surface area (Å²) < 4.78 is 0. The second kappa shape index (κ2) is 8.28. The number of aliphatic carboxylic acids is 1. The summed E-state index contributed by atoms with van der Waals surface area (Å²) >= 11 is 0. The molecule has 2 unspecified atom stereocenters. The van der Waals surface area contributed by atoms with E-state index in [0.29, 0.717) is 11.8 Å². The molecule has 1 N–H and O–H groups in total. The van der Waals surface area contributed by atoms with E-state index in [1.165, 1.54) is 12.0 Å². The molecule has 0 saturated carbocycles. The van der Waals surface area contributed by atoms with Crippen molar-refractivity contribution in [1.29, 1.82) is 0 Å². The lowest BCUT2D eigenvalue weighted by atomic mass is 9.81. The number of rotatable bonds is 5. The van der Waals surface area contributed by atoms with Crippen molar-refractivity contribution < 1.29 is 9.90 Å². The Bertz CT molecular complexity index is 410. The van der Waals surface area contributed by atoms with Crippen molar-refractivity contribution in [2.75, 3.05) is 19.6 Å². The van der Waals surface area contributed by atoms with Gasteiger partial charge in [-0.1, -0.05) is 37.3 Å². The molecule has 0 bridgehead atoms. The molecule has 1 aromatic rings. The topological polar surface area (TPSA) is 40.5 Å². The van der Waals surface area contributed by atoms with Crippen LogP contribution in [0.2, 0.25) is 0 Å². The monoisotopic (exact) mass is 297 g/mol. The summed E-state index contributed by atoms with van der Waals surface area (Å²) in [5.41, 5.74) is 1.44. The van der Waals surface area contributed by atoms with Crippen LogP contribution < -0.4 is 0 Å². The van der Waals surface area contributed by atoms with Gasteiger partial charge in [-0.15, -0.1) is 12.4 Å². The van der Waals surface area contributed by atoms with Crippen molar-refractivity contribution >= 4 is 18.4 Å². The number of hydrogen-bond acceptors (Lipinski definition) is 2. The first kappa shape index (κ1) is 17.0. The van der Waals surface area contributed by atoms with Crippen LogP contribution in [-0.4, -0.2) is 35.6 Å². The molecule has 0 spiro atoms. The largest absolute Gasteiger partial charge is 0.481 e. The summed E-state index contributed by atoms with van der Waals surface area (Å²) in [7, 11) is 0. The second-order valence-corrected chi connectivity index (χ2v) is 5.58. The van der Waals surface area contributed by atoms with Crippen LogP contribution in [0.4, 0.5) is 0 Å². The van der Waals surface area contributed by atoms with E-state index in [4.69, 9.17) is 5.11 Å². The van der Waals surface area contributed by atoms with Crippen LogP contribution in [0.25, 0.3) is 0 Å². The summed E-state index contributed by atoms with van der Waals surface area (Å²) in [6, 6.07) is 10.7. The minimum atomic E-state index is -0.688. The first-order valence-electron chi connectivity index (χ1n) is 7.16. The van der Waals surface area contributed by atoms with Crippen molar-refractivity contribution in [3.63, 3.8) is 0 Å². The SMILES string of the molecule is CC1CN(CCCC(=O)O)CCC1c1ccccc1.Cl. The highest BCUT2D eigenvalue weighted by Crippen LogP contribution is 2.32. The minimum Gasteiger partial charge on any atom is -0.481 e. The standard InChI is InChI=1S/C16H23NO2.ClH/c1-13-12-17(10-5-8-16(18)19)11-9-15(13)14-6-3-2-4-7-14;/h2-4,6-7,13,15H,5,8-12H2,1H3,(H,18,19);1H. The number of halogens is 1. The Morgan fingerprint density at radius 1 is 1.35 bits per heavy atom. The molecule has 1 saturated heterocycles. The Kier molecular flexibility index (Phi) is 7.03. The zero-order valence-electron chi connectivity index (χ0n) is 12.0. The zero-order chi connectivity index (χ0) is 13.7. The van der Waals surface area contributed by atoms with Gasteiger partial charge in [-0.05, 0) is 43.3 Å². The fraction of sp³-hybridized carbons (Fsp3) is 0.562. The highest BCUT2D eigenvalue weighted by molar-refractivity contribution is 5.85. The summed E-state index contributed by atoms with van der Waals surface area (Å²) in [5, 5.41) is 8.67. The van der Waals surface area contributed by atoms with E-state index in [1.807, 2.05) is 0 Å². The van der Waals surface area contributed by atoms with Gasteiger partial charge in [-0.2, -0.15) is 0 Å². The molecule has 1 heterocycles. The van der Waals surface area contributed by atoms with Gasteiger partial charge in [0.25, 0.3) is 0 Å². The first-order chi connectivity index (χ1) is 9.16. The van der Waals surface area contributed by atoms with Crippen LogP contribution in [-0.2, 0) is 4.79 Å². The summed E-state index contributed by atoms with van der Waals surface area (Å²) in [6.07, 6.45) is 2.23. The van der Waals surface area contributed by atoms with E-state index in [-0.39, 0.29) is 18.8 Å². The first-order valence-corrected chi connectivity index (χ1v) is 7.16. The minimum absolute atomic E-state index is 0. The molecule has 0 radical (unpaired) electrons. The van der Waals surface area contributed by atoms with Gasteiger partial charge in [-0.25, -0.2) is 0 Å². The predicted octanol–water partition coefficient (Wildman–Crippen LogP) is 3.40. The molecule has 112 valence electrons. The third-order valence-electron chi connectivity index (χ3n) is 4.08. The van der Waals surface area contributed by atoms with Gasteiger partial charge in [0.15, 0.2) is 0 Å². The Morgan fingerprint density at radius 2 is 2.05 bits per heavy atom. The van der Waals surface area contributed by atoms with Gasteiger partial charge in [0.1, 0.15) is 0 Å². The number of hydrogen-bond donors (Lipinski definition) is 1. The molecule has 2 atom stereocenters. The van der Waals surface area contributed by atoms with Gasteiger partial charge < -0.3 is 10.0 Å². The van der Waals surface area contributed by atoms with E-state index < -0.39 is 5.97 Å². The maximum absolute atomic E-state index is 10.5. The molecule has 3 nitrogen and oxygen atoms in total. The number of carboxylic acid groups (broad SMARTS) is 1. The molecular formula is C16H24ClNO2. The van der Waals surface area contributed by atoms with Crippen molar-refractivity contribution in [2.45, 2.75) is 32.1 Å². The van der Waals surface area contributed by atoms with Crippen LogP contribution in [0, 0.1) is 5.92 Å². The number of likely N-dealkylation sites (tertiary alicyclic amines) is 1. The average Bonchev–Trinajstić information content (AvgIpc) is 2.39. The van der Waals surface area contributed by atoms with Crippen LogP contribution >= 0.6 is 12.4 Å². The smallest absolute Gasteiger partial charge is 0.303 e. The average molecular weight is 298 g/mol. The normalized spacial score (nSPS) is 23.1. The van der Waals surface area contributed by atoms with Crippen LogP contribution in [0.15, 0.2) is 30.3 Å². The summed E-state index contributed by atoms with van der Waals surface area (Å²) in [4.78, 5) is 12.9. The molecule has 0 amide bonds. The lowest BCUT2D eigenvalue weighted by Crippen LogP contribution is -2.39. The molecule has 1 aromatic carbocycles. The third kappa shape index (κ3) is 4.80. The third-order valence-corrected chi connectivity index (χ3v) is 4.08. The summed E-state index contributed by atoms with van der Waals surface area (Å²) in [6.45, 7) is 5.39. The Labute approximate surface area is 127 Å². The molecule has 20 heavy (non-hydrogen) atoms. The van der Waals surface area contributed by atoms with Crippen LogP contribution in [0.5, 0.6) is 0 Å². The van der Waals surface area contributed by atoms with E-state index in [1.54, 1.807) is 0 Å². The van der Waals surface area contributed by atoms with Gasteiger partial charge in [0.2, 0.25) is 0 Å². The highest BCUT2D eigenvalue weighted by atomic mass is 35.5. The van der Waals surface area contributed by atoms with Gasteiger partial charge in [0.05, 0.1) is 0 Å². The van der Waals surface area contributed by atoms with E-state index in [2.05, 4.69) is 42.2 Å². The second-order valence-electron chi connectivity index (χ2n) is 5.58. The lowest BCUT2D eigenvalue weighted by Gasteiger charge is -2.37. The molecule has 1 aliphatic heterocycles. The van der Waals surface area contributed by atoms with Crippen molar-refractivity contribution in [1.82, 2.24) is 4.90 Å². The summed E-state index contributed by atoms with van der Waals surface area (Å²) in [5.74, 6) is 0.602. The molecular weight excluding hydrogens is 274 g/mol. The zero-order valence-corrected chi connectivity index (χ0v) is 12.8. The van der Waals surface area contributed by atoms with E-state index >= 15 is 0 Å². The van der Waals surface area contributed by atoms with Crippen LogP contribution in [0.1, 0.15) is 37.7 Å². The van der Waals surface area contributed by atoms with Crippen molar-refractivity contribution in [3.05, 3.63) is 35.9 Å². The molecule has 1 fully saturated rings. The lowest BCUT2D eigenvalue weighted by molar-refractivity contribution is -0.137. The van der Waals surface area contributed by atoms with Gasteiger partial charge in [0, 0.05) is 13.0 Å². The number of benzene rings is 1. The maximum atomic E-state index is 10.5. The Morgan fingerprint density at radius 3 is 2.65 bits per heavy atom. The Hall–Kier alpha value is -1.06. The van der Waals surface area contributed by atoms with Crippen LogP contribution in [0.3, 0.4) is 0 Å². The quantitative estimate of drug-likeness (QED) is 0.905. The molecule has 2 rings (SSSR count). The van der Waals surface area contributed by atoms with E-state index in [9.17, 15) is 4.79 Å². The van der Waals surface area contributed by atoms with Gasteiger partial charge in [-0.3, -0.25) is 4.79 Å². The fourth-order valence-electron chi connectivity index (χ4n) is 3.08. The number of carboxylic acids is 1. The molecule has 0 aromatic heterocycles. The van der Waals surface area contributed by atoms with E-state index in [0.717, 1.165) is 26.1 Å². The number of carbonyl (C=O) groups is 1.